The van der Waals surface area contributed by atoms with E-state index < -0.39 is 0 Å². The van der Waals surface area contributed by atoms with Crippen molar-refractivity contribution in [1.29, 1.82) is 0 Å². The fourth-order valence-corrected chi connectivity index (χ4v) is 1.73. The van der Waals surface area contributed by atoms with E-state index in [4.69, 9.17) is 0 Å². The molecule has 0 saturated heterocycles. The van der Waals surface area contributed by atoms with Gasteiger partial charge >= 0.3 is 0 Å². The molecule has 2 aromatic rings. The van der Waals surface area contributed by atoms with Crippen molar-refractivity contribution in [3.05, 3.63) is 59.4 Å². The Morgan fingerprint density at radius 3 is 2.55 bits per heavy atom. The molecule has 2 amide bonds. The summed E-state index contributed by atoms with van der Waals surface area (Å²) in [5.74, 6) is -0.447. The average Bonchev–Trinajstić information content (AvgIpc) is 2.49. The van der Waals surface area contributed by atoms with Crippen LogP contribution in [-0.2, 0) is 0 Å². The highest BCUT2D eigenvalue weighted by Gasteiger charge is 2.10. The Morgan fingerprint density at radius 2 is 1.90 bits per heavy atom. The number of aryl methyl sites for hydroxylation is 1. The number of nitrogens with one attached hydrogen (secondary N) is 2. The fourth-order valence-electron chi connectivity index (χ4n) is 1.73. The van der Waals surface area contributed by atoms with Crippen molar-refractivity contribution in [2.45, 2.75) is 6.92 Å². The number of hydrogen-bond donors (Lipinski definition) is 2. The van der Waals surface area contributed by atoms with Crippen LogP contribution in [0.4, 0.5) is 5.69 Å². The predicted molar refractivity (Wildman–Crippen MR) is 76.8 cm³/mol. The van der Waals surface area contributed by atoms with Crippen molar-refractivity contribution in [1.82, 2.24) is 10.3 Å². The van der Waals surface area contributed by atoms with Crippen molar-refractivity contribution in [3.63, 3.8) is 0 Å². The summed E-state index contributed by atoms with van der Waals surface area (Å²) in [7, 11) is 1.57. The van der Waals surface area contributed by atoms with E-state index in [9.17, 15) is 9.59 Å². The van der Waals surface area contributed by atoms with Crippen LogP contribution >= 0.6 is 0 Å². The molecule has 1 aromatic carbocycles. The number of carbonyl (C=O) groups is 2. The number of aromatic nitrogens is 1. The molecule has 0 aliphatic rings. The molecule has 0 bridgehead atoms. The third kappa shape index (κ3) is 3.00. The molecule has 5 heteroatoms. The third-order valence-electron chi connectivity index (χ3n) is 2.90. The van der Waals surface area contributed by atoms with Gasteiger partial charge in [-0.2, -0.15) is 0 Å². The molecule has 1 aromatic heterocycles. The van der Waals surface area contributed by atoms with Gasteiger partial charge in [0.2, 0.25) is 0 Å². The van der Waals surface area contributed by atoms with Crippen molar-refractivity contribution in [2.75, 3.05) is 12.4 Å². The first-order chi connectivity index (χ1) is 9.61. The molecule has 0 saturated carbocycles. The lowest BCUT2D eigenvalue weighted by molar-refractivity contribution is 0.0961. The maximum absolute atomic E-state index is 12.1. The van der Waals surface area contributed by atoms with Gasteiger partial charge in [0.25, 0.3) is 11.8 Å². The summed E-state index contributed by atoms with van der Waals surface area (Å²) in [5, 5.41) is 5.34. The lowest BCUT2D eigenvalue weighted by Crippen LogP contribution is -2.19. The number of carbonyl (C=O) groups excluding carboxylic acids is 2. The zero-order valence-corrected chi connectivity index (χ0v) is 11.3. The Balaban J connectivity index is 2.25. The van der Waals surface area contributed by atoms with Crippen molar-refractivity contribution >= 4 is 17.5 Å². The number of hydrogen-bond acceptors (Lipinski definition) is 3. The monoisotopic (exact) mass is 269 g/mol. The number of amides is 2. The molecule has 20 heavy (non-hydrogen) atoms. The minimum Gasteiger partial charge on any atom is -0.355 e. The zero-order valence-electron chi connectivity index (χ0n) is 11.3. The number of pyridine rings is 1. The van der Waals surface area contributed by atoms with Crippen LogP contribution in [0.5, 0.6) is 0 Å². The standard InChI is InChI=1S/C15H15N3O2/c1-10-5-6-11(14(19)16-2)8-13(10)18-15(20)12-4-3-7-17-9-12/h3-9H,1-2H3,(H,16,19)(H,18,20). The maximum atomic E-state index is 12.1. The molecule has 0 atom stereocenters. The van der Waals surface area contributed by atoms with E-state index in [-0.39, 0.29) is 11.8 Å². The van der Waals surface area contributed by atoms with Gasteiger partial charge in [-0.05, 0) is 36.8 Å². The summed E-state index contributed by atoms with van der Waals surface area (Å²) in [6.45, 7) is 1.87. The van der Waals surface area contributed by atoms with E-state index in [0.29, 0.717) is 16.8 Å². The highest BCUT2D eigenvalue weighted by molar-refractivity contribution is 6.05. The smallest absolute Gasteiger partial charge is 0.257 e. The first kappa shape index (κ1) is 13.7. The summed E-state index contributed by atoms with van der Waals surface area (Å²) in [5.41, 5.74) is 2.46. The Kier molecular flexibility index (Phi) is 4.10. The van der Waals surface area contributed by atoms with Crippen LogP contribution in [0.25, 0.3) is 0 Å². The van der Waals surface area contributed by atoms with E-state index in [2.05, 4.69) is 15.6 Å². The quantitative estimate of drug-likeness (QED) is 0.895. The molecule has 2 N–H and O–H groups in total. The summed E-state index contributed by atoms with van der Waals surface area (Å²) in [4.78, 5) is 27.6. The fraction of sp³-hybridized carbons (Fsp3) is 0.133. The van der Waals surface area contributed by atoms with Crippen LogP contribution in [0.1, 0.15) is 26.3 Å². The maximum Gasteiger partial charge on any atom is 0.257 e. The number of rotatable bonds is 3. The third-order valence-corrected chi connectivity index (χ3v) is 2.90. The molecule has 0 aliphatic heterocycles. The van der Waals surface area contributed by atoms with Crippen LogP contribution in [0.3, 0.4) is 0 Å². The lowest BCUT2D eigenvalue weighted by Gasteiger charge is -2.10. The molecule has 1 heterocycles. The largest absolute Gasteiger partial charge is 0.355 e. The molecular weight excluding hydrogens is 254 g/mol. The second-order valence-corrected chi connectivity index (χ2v) is 4.30. The highest BCUT2D eigenvalue weighted by Crippen LogP contribution is 2.17. The van der Waals surface area contributed by atoms with Crippen LogP contribution in [0.2, 0.25) is 0 Å². The Labute approximate surface area is 117 Å². The second-order valence-electron chi connectivity index (χ2n) is 4.30. The summed E-state index contributed by atoms with van der Waals surface area (Å²) in [6, 6.07) is 8.54. The van der Waals surface area contributed by atoms with Crippen molar-refractivity contribution < 1.29 is 9.59 Å². The van der Waals surface area contributed by atoms with Gasteiger partial charge in [-0.1, -0.05) is 6.07 Å². The molecule has 2 rings (SSSR count). The van der Waals surface area contributed by atoms with Gasteiger partial charge in [0.1, 0.15) is 0 Å². The molecular formula is C15H15N3O2. The Bertz CT molecular complexity index is 639. The van der Waals surface area contributed by atoms with Crippen LogP contribution in [-0.4, -0.2) is 23.8 Å². The zero-order chi connectivity index (χ0) is 14.5. The molecule has 0 spiro atoms. The number of benzene rings is 1. The Morgan fingerprint density at radius 1 is 1.10 bits per heavy atom. The SMILES string of the molecule is CNC(=O)c1ccc(C)c(NC(=O)c2cccnc2)c1. The van der Waals surface area contributed by atoms with Gasteiger partial charge < -0.3 is 10.6 Å². The van der Waals surface area contributed by atoms with Crippen molar-refractivity contribution in [3.8, 4) is 0 Å². The van der Waals surface area contributed by atoms with Crippen LogP contribution < -0.4 is 10.6 Å². The summed E-state index contributed by atoms with van der Waals surface area (Å²) >= 11 is 0. The Hall–Kier alpha value is -2.69. The van der Waals surface area contributed by atoms with Crippen LogP contribution in [0.15, 0.2) is 42.7 Å². The first-order valence-electron chi connectivity index (χ1n) is 6.16. The summed E-state index contributed by atoms with van der Waals surface area (Å²) in [6.07, 6.45) is 3.10. The van der Waals surface area contributed by atoms with Gasteiger partial charge in [0.15, 0.2) is 0 Å². The van der Waals surface area contributed by atoms with E-state index >= 15 is 0 Å². The summed E-state index contributed by atoms with van der Waals surface area (Å²) < 4.78 is 0. The minimum absolute atomic E-state index is 0.193. The molecule has 5 nitrogen and oxygen atoms in total. The van der Waals surface area contributed by atoms with Crippen molar-refractivity contribution in [2.24, 2.45) is 0 Å². The highest BCUT2D eigenvalue weighted by atomic mass is 16.2. The normalized spacial score (nSPS) is 9.90. The van der Waals surface area contributed by atoms with Gasteiger partial charge in [0, 0.05) is 30.7 Å². The molecule has 0 aliphatic carbocycles. The van der Waals surface area contributed by atoms with E-state index in [0.717, 1.165) is 5.56 Å². The van der Waals surface area contributed by atoms with Gasteiger partial charge in [-0.25, -0.2) is 0 Å². The predicted octanol–water partition coefficient (Wildman–Crippen LogP) is 2.00. The lowest BCUT2D eigenvalue weighted by atomic mass is 10.1. The van der Waals surface area contributed by atoms with Gasteiger partial charge in [0.05, 0.1) is 5.56 Å². The van der Waals surface area contributed by atoms with E-state index in [1.54, 1.807) is 43.6 Å². The minimum atomic E-state index is -0.254. The van der Waals surface area contributed by atoms with E-state index in [1.165, 1.54) is 6.20 Å². The molecule has 0 fully saturated rings. The molecule has 0 unspecified atom stereocenters. The molecule has 0 radical (unpaired) electrons. The topological polar surface area (TPSA) is 71.1 Å². The number of anilines is 1. The van der Waals surface area contributed by atoms with Gasteiger partial charge in [-0.3, -0.25) is 14.6 Å². The second kappa shape index (κ2) is 5.97. The van der Waals surface area contributed by atoms with E-state index in [1.807, 2.05) is 6.92 Å². The first-order valence-corrected chi connectivity index (χ1v) is 6.16. The number of nitrogens with zero attached hydrogens (tertiary/aromatic N) is 1. The average molecular weight is 269 g/mol. The van der Waals surface area contributed by atoms with Gasteiger partial charge in [-0.15, -0.1) is 0 Å². The molecule has 102 valence electrons. The van der Waals surface area contributed by atoms with Crippen LogP contribution in [0, 0.1) is 6.92 Å².